The number of carbonyl (C=O) groups is 3. The Morgan fingerprint density at radius 3 is 2.53 bits per heavy atom. The first-order chi connectivity index (χ1) is 16.2. The highest BCUT2D eigenvalue weighted by Gasteiger charge is 2.24. The zero-order valence-electron chi connectivity index (χ0n) is 19.3. The maximum Gasteiger partial charge on any atom is 0.254 e. The quantitative estimate of drug-likeness (QED) is 0.350. The molecule has 8 nitrogen and oxygen atoms in total. The summed E-state index contributed by atoms with van der Waals surface area (Å²) >= 11 is 1.25. The first-order valence-corrected chi connectivity index (χ1v) is 11.6. The third-order valence-corrected chi connectivity index (χ3v) is 6.57. The topological polar surface area (TPSA) is 106 Å². The minimum atomic E-state index is -0.605. The minimum absolute atomic E-state index is 0.0531. The Bertz CT molecular complexity index is 1210. The molecule has 2 atom stereocenters. The second kappa shape index (κ2) is 11.1. The second-order valence-electron chi connectivity index (χ2n) is 7.72. The molecule has 0 unspecified atom stereocenters. The van der Waals surface area contributed by atoms with Gasteiger partial charge in [0.1, 0.15) is 5.82 Å². The summed E-state index contributed by atoms with van der Waals surface area (Å²) in [7, 11) is 1.74. The highest BCUT2D eigenvalue weighted by Crippen LogP contribution is 2.27. The van der Waals surface area contributed by atoms with Gasteiger partial charge in [0.2, 0.25) is 5.91 Å². The van der Waals surface area contributed by atoms with Crippen LogP contribution in [0.25, 0.3) is 0 Å². The zero-order valence-corrected chi connectivity index (χ0v) is 20.1. The molecular weight excluding hydrogens is 457 g/mol. The highest BCUT2D eigenvalue weighted by molar-refractivity contribution is 8.00. The largest absolute Gasteiger partial charge is 0.342 e. The van der Waals surface area contributed by atoms with E-state index < -0.39 is 23.0 Å². The number of benzene rings is 2. The summed E-state index contributed by atoms with van der Waals surface area (Å²) < 4.78 is 15.6. The van der Waals surface area contributed by atoms with E-state index in [1.54, 1.807) is 48.9 Å². The standard InChI is InChI=1S/C24H26FN5O3S/c1-5-20(23(33)27-17-10-8-9-16(13-17)15(3)31)34-24-29-28-21(30(24)4)14(2)26-22(32)18-11-6-7-12-19(18)25/h6-14,20H,5H2,1-4H3,(H,26,32)(H,27,33)/t14-,20+/m1/s1. The van der Waals surface area contributed by atoms with E-state index in [9.17, 15) is 18.8 Å². The lowest BCUT2D eigenvalue weighted by atomic mass is 10.1. The molecular formula is C24H26FN5O3S. The van der Waals surface area contributed by atoms with Gasteiger partial charge in [-0.3, -0.25) is 14.4 Å². The number of anilines is 1. The lowest BCUT2D eigenvalue weighted by Crippen LogP contribution is -2.29. The van der Waals surface area contributed by atoms with Gasteiger partial charge in [-0.15, -0.1) is 10.2 Å². The van der Waals surface area contributed by atoms with Crippen molar-refractivity contribution < 1.29 is 18.8 Å². The maximum atomic E-state index is 13.9. The summed E-state index contributed by atoms with van der Waals surface area (Å²) in [6.07, 6.45) is 0.532. The van der Waals surface area contributed by atoms with E-state index in [2.05, 4.69) is 20.8 Å². The molecule has 10 heteroatoms. The summed E-state index contributed by atoms with van der Waals surface area (Å²) in [5.74, 6) is -0.996. The summed E-state index contributed by atoms with van der Waals surface area (Å²) in [6, 6.07) is 12.0. The van der Waals surface area contributed by atoms with Crippen molar-refractivity contribution in [1.29, 1.82) is 0 Å². The monoisotopic (exact) mass is 483 g/mol. The molecule has 34 heavy (non-hydrogen) atoms. The van der Waals surface area contributed by atoms with Gasteiger partial charge >= 0.3 is 0 Å². The third-order valence-electron chi connectivity index (χ3n) is 5.17. The van der Waals surface area contributed by atoms with E-state index >= 15 is 0 Å². The molecule has 2 N–H and O–H groups in total. The molecule has 178 valence electrons. The summed E-state index contributed by atoms with van der Waals surface area (Å²) in [6.45, 7) is 5.08. The number of aromatic nitrogens is 3. The van der Waals surface area contributed by atoms with Crippen LogP contribution in [0.1, 0.15) is 59.8 Å². The molecule has 0 fully saturated rings. The first kappa shape index (κ1) is 25.1. The molecule has 1 heterocycles. The predicted molar refractivity (Wildman–Crippen MR) is 128 cm³/mol. The fourth-order valence-corrected chi connectivity index (χ4v) is 4.21. The van der Waals surface area contributed by atoms with Crippen LogP contribution >= 0.6 is 11.8 Å². The van der Waals surface area contributed by atoms with Gasteiger partial charge in [0.15, 0.2) is 16.8 Å². The molecule has 0 radical (unpaired) electrons. The number of rotatable bonds is 9. The molecule has 0 spiro atoms. The Morgan fingerprint density at radius 2 is 1.85 bits per heavy atom. The molecule has 0 aliphatic heterocycles. The van der Waals surface area contributed by atoms with Crippen LogP contribution in [-0.2, 0) is 11.8 Å². The molecule has 2 amide bonds. The Morgan fingerprint density at radius 1 is 1.12 bits per heavy atom. The number of halogens is 1. The summed E-state index contributed by atoms with van der Waals surface area (Å²) in [5, 5.41) is 14.0. The van der Waals surface area contributed by atoms with Crippen molar-refractivity contribution >= 4 is 35.0 Å². The number of hydrogen-bond acceptors (Lipinski definition) is 6. The molecule has 0 bridgehead atoms. The molecule has 2 aromatic carbocycles. The van der Waals surface area contributed by atoms with Crippen LogP contribution in [-0.4, -0.2) is 37.6 Å². The molecule has 0 aliphatic carbocycles. The lowest BCUT2D eigenvalue weighted by Gasteiger charge is -2.16. The smallest absolute Gasteiger partial charge is 0.254 e. The summed E-state index contributed by atoms with van der Waals surface area (Å²) in [5.41, 5.74) is 1.01. The Hall–Kier alpha value is -3.53. The van der Waals surface area contributed by atoms with E-state index in [4.69, 9.17) is 0 Å². The number of ketones is 1. The van der Waals surface area contributed by atoms with Crippen molar-refractivity contribution in [3.8, 4) is 0 Å². The second-order valence-corrected chi connectivity index (χ2v) is 8.89. The van der Waals surface area contributed by atoms with Crippen LogP contribution in [0.5, 0.6) is 0 Å². The number of nitrogens with zero attached hydrogens (tertiary/aromatic N) is 3. The number of nitrogens with one attached hydrogen (secondary N) is 2. The zero-order chi connectivity index (χ0) is 24.8. The van der Waals surface area contributed by atoms with Crippen LogP contribution < -0.4 is 10.6 Å². The van der Waals surface area contributed by atoms with E-state index in [1.807, 2.05) is 6.92 Å². The molecule has 0 saturated carbocycles. The fourth-order valence-electron chi connectivity index (χ4n) is 3.28. The average Bonchev–Trinajstić information content (AvgIpc) is 3.17. The van der Waals surface area contributed by atoms with Gasteiger partial charge in [-0.05, 0) is 44.5 Å². The van der Waals surface area contributed by atoms with Crippen molar-refractivity contribution in [2.45, 2.75) is 43.6 Å². The summed E-state index contributed by atoms with van der Waals surface area (Å²) in [4.78, 5) is 36.9. The van der Waals surface area contributed by atoms with Gasteiger partial charge in [-0.1, -0.05) is 43.0 Å². The number of carbonyl (C=O) groups excluding carboxylic acids is 3. The third kappa shape index (κ3) is 5.88. The predicted octanol–water partition coefficient (Wildman–Crippen LogP) is 4.16. The van der Waals surface area contributed by atoms with Crippen LogP contribution in [0.4, 0.5) is 10.1 Å². The van der Waals surface area contributed by atoms with Gasteiger partial charge in [-0.2, -0.15) is 0 Å². The van der Waals surface area contributed by atoms with E-state index in [0.717, 1.165) is 0 Å². The number of Topliss-reactive ketones (excluding diaryl/α,β-unsaturated/α-hetero) is 1. The van der Waals surface area contributed by atoms with Gasteiger partial charge in [0.25, 0.3) is 5.91 Å². The van der Waals surface area contributed by atoms with Crippen LogP contribution in [0.3, 0.4) is 0 Å². The van der Waals surface area contributed by atoms with Gasteiger partial charge < -0.3 is 15.2 Å². The average molecular weight is 484 g/mol. The Labute approximate surface area is 201 Å². The first-order valence-electron chi connectivity index (χ1n) is 10.7. The van der Waals surface area contributed by atoms with Crippen LogP contribution in [0.15, 0.2) is 53.7 Å². The van der Waals surface area contributed by atoms with E-state index in [0.29, 0.717) is 28.7 Å². The van der Waals surface area contributed by atoms with Crippen molar-refractivity contribution in [3.05, 3.63) is 71.3 Å². The van der Waals surface area contributed by atoms with Crippen LogP contribution in [0.2, 0.25) is 0 Å². The van der Waals surface area contributed by atoms with Crippen molar-refractivity contribution in [1.82, 2.24) is 20.1 Å². The number of thioether (sulfide) groups is 1. The van der Waals surface area contributed by atoms with E-state index in [-0.39, 0.29) is 17.3 Å². The Balaban J connectivity index is 1.68. The van der Waals surface area contributed by atoms with Gasteiger partial charge in [-0.25, -0.2) is 4.39 Å². The van der Waals surface area contributed by atoms with Crippen LogP contribution in [0, 0.1) is 5.82 Å². The molecule has 0 aliphatic rings. The lowest BCUT2D eigenvalue weighted by molar-refractivity contribution is -0.115. The maximum absolute atomic E-state index is 13.9. The SMILES string of the molecule is CC[C@H](Sc1nnc([C@@H](C)NC(=O)c2ccccc2F)n1C)C(=O)Nc1cccc(C(C)=O)c1. The van der Waals surface area contributed by atoms with Crippen molar-refractivity contribution in [3.63, 3.8) is 0 Å². The minimum Gasteiger partial charge on any atom is -0.342 e. The van der Waals surface area contributed by atoms with Gasteiger partial charge in [0.05, 0.1) is 16.9 Å². The number of hydrogen-bond donors (Lipinski definition) is 2. The molecule has 3 aromatic rings. The van der Waals surface area contributed by atoms with Crippen molar-refractivity contribution in [2.24, 2.45) is 7.05 Å². The van der Waals surface area contributed by atoms with Gasteiger partial charge in [0, 0.05) is 18.3 Å². The molecule has 3 rings (SSSR count). The van der Waals surface area contributed by atoms with E-state index in [1.165, 1.54) is 36.9 Å². The highest BCUT2D eigenvalue weighted by atomic mass is 32.2. The molecule has 1 aromatic heterocycles. The van der Waals surface area contributed by atoms with Crippen molar-refractivity contribution in [2.75, 3.05) is 5.32 Å². The fraction of sp³-hybridized carbons (Fsp3) is 0.292. The number of amides is 2. The normalized spacial score (nSPS) is 12.6. The Kier molecular flexibility index (Phi) is 8.17. The molecule has 0 saturated heterocycles.